The van der Waals surface area contributed by atoms with Gasteiger partial charge in [-0.05, 0) is 45.5 Å². The third kappa shape index (κ3) is 3.67. The fraction of sp³-hybridized carbons (Fsp3) is 0.500. The zero-order chi connectivity index (χ0) is 14.5. The molecular formula is C16H24N4. The summed E-state index contributed by atoms with van der Waals surface area (Å²) in [6, 6.07) is 6.65. The van der Waals surface area contributed by atoms with Crippen molar-refractivity contribution in [1.29, 1.82) is 0 Å². The second-order valence-corrected chi connectivity index (χ2v) is 5.40. The van der Waals surface area contributed by atoms with Gasteiger partial charge in [0.25, 0.3) is 0 Å². The van der Waals surface area contributed by atoms with E-state index in [0.717, 1.165) is 25.2 Å². The summed E-state index contributed by atoms with van der Waals surface area (Å²) in [6.45, 7) is 8.27. The molecule has 0 aromatic carbocycles. The van der Waals surface area contributed by atoms with Crippen molar-refractivity contribution in [2.45, 2.75) is 46.3 Å². The SMILES string of the molecule is CCn1ccc(CN(C)C(C)Cc2ncccc2C)n1. The number of likely N-dealkylation sites (N-methyl/N-ethyl adjacent to an activating group) is 1. The highest BCUT2D eigenvalue weighted by molar-refractivity contribution is 5.18. The van der Waals surface area contributed by atoms with Gasteiger partial charge in [0.15, 0.2) is 0 Å². The molecule has 4 heteroatoms. The number of pyridine rings is 1. The molecule has 2 aromatic heterocycles. The van der Waals surface area contributed by atoms with Crippen molar-refractivity contribution in [2.75, 3.05) is 7.05 Å². The minimum atomic E-state index is 0.440. The summed E-state index contributed by atoms with van der Waals surface area (Å²) in [5.74, 6) is 0. The average Bonchev–Trinajstić information content (AvgIpc) is 2.89. The van der Waals surface area contributed by atoms with Crippen molar-refractivity contribution in [3.63, 3.8) is 0 Å². The van der Waals surface area contributed by atoms with Crippen LogP contribution in [0.1, 0.15) is 30.8 Å². The average molecular weight is 272 g/mol. The highest BCUT2D eigenvalue weighted by Gasteiger charge is 2.13. The van der Waals surface area contributed by atoms with Crippen LogP contribution in [0, 0.1) is 6.92 Å². The summed E-state index contributed by atoms with van der Waals surface area (Å²) in [7, 11) is 2.15. The predicted molar refractivity (Wildman–Crippen MR) is 81.5 cm³/mol. The Morgan fingerprint density at radius 3 is 2.80 bits per heavy atom. The van der Waals surface area contributed by atoms with E-state index in [1.54, 1.807) is 0 Å². The molecule has 0 saturated heterocycles. The molecule has 4 nitrogen and oxygen atoms in total. The number of rotatable bonds is 6. The van der Waals surface area contributed by atoms with Gasteiger partial charge in [0.05, 0.1) is 5.69 Å². The summed E-state index contributed by atoms with van der Waals surface area (Å²) in [4.78, 5) is 6.81. The Labute approximate surface area is 121 Å². The molecule has 2 heterocycles. The Hall–Kier alpha value is -1.68. The molecule has 1 atom stereocenters. The number of aromatic nitrogens is 3. The van der Waals surface area contributed by atoms with E-state index in [1.165, 1.54) is 11.3 Å². The molecule has 2 rings (SSSR count). The quantitative estimate of drug-likeness (QED) is 0.810. The van der Waals surface area contributed by atoms with Crippen LogP contribution in [0.25, 0.3) is 0 Å². The normalized spacial score (nSPS) is 12.8. The lowest BCUT2D eigenvalue weighted by Gasteiger charge is -2.24. The molecule has 0 aliphatic heterocycles. The van der Waals surface area contributed by atoms with Crippen LogP contribution < -0.4 is 0 Å². The molecule has 0 radical (unpaired) electrons. The van der Waals surface area contributed by atoms with E-state index in [0.29, 0.717) is 6.04 Å². The highest BCUT2D eigenvalue weighted by Crippen LogP contribution is 2.11. The van der Waals surface area contributed by atoms with Gasteiger partial charge in [-0.3, -0.25) is 14.6 Å². The molecule has 0 aliphatic rings. The molecule has 0 saturated carbocycles. The predicted octanol–water partition coefficient (Wildman–Crippen LogP) is 2.67. The van der Waals surface area contributed by atoms with Gasteiger partial charge >= 0.3 is 0 Å². The third-order valence-electron chi connectivity index (χ3n) is 3.79. The topological polar surface area (TPSA) is 34.0 Å². The number of aryl methyl sites for hydroxylation is 2. The van der Waals surface area contributed by atoms with Gasteiger partial charge in [0.1, 0.15) is 0 Å². The maximum absolute atomic E-state index is 4.54. The fourth-order valence-electron chi connectivity index (χ4n) is 2.24. The Morgan fingerprint density at radius 2 is 2.15 bits per heavy atom. The minimum Gasteiger partial charge on any atom is -0.297 e. The van der Waals surface area contributed by atoms with E-state index in [1.807, 2.05) is 23.1 Å². The second-order valence-electron chi connectivity index (χ2n) is 5.40. The third-order valence-corrected chi connectivity index (χ3v) is 3.79. The van der Waals surface area contributed by atoms with Gasteiger partial charge in [0.2, 0.25) is 0 Å². The molecular weight excluding hydrogens is 248 g/mol. The fourth-order valence-corrected chi connectivity index (χ4v) is 2.24. The highest BCUT2D eigenvalue weighted by atomic mass is 15.3. The molecule has 0 fully saturated rings. The van der Waals surface area contributed by atoms with Crippen LogP contribution in [0.5, 0.6) is 0 Å². The molecule has 0 bridgehead atoms. The first-order valence-corrected chi connectivity index (χ1v) is 7.23. The van der Waals surface area contributed by atoms with E-state index in [2.05, 4.69) is 54.9 Å². The van der Waals surface area contributed by atoms with Crippen LogP contribution in [0.2, 0.25) is 0 Å². The minimum absolute atomic E-state index is 0.440. The van der Waals surface area contributed by atoms with E-state index >= 15 is 0 Å². The molecule has 108 valence electrons. The maximum Gasteiger partial charge on any atom is 0.0764 e. The molecule has 0 N–H and O–H groups in total. The van der Waals surface area contributed by atoms with Crippen LogP contribution in [0.4, 0.5) is 0 Å². The summed E-state index contributed by atoms with van der Waals surface area (Å²) in [5.41, 5.74) is 3.58. The van der Waals surface area contributed by atoms with Crippen molar-refractivity contribution in [3.8, 4) is 0 Å². The molecule has 0 aliphatic carbocycles. The summed E-state index contributed by atoms with van der Waals surface area (Å²) in [5, 5.41) is 4.54. The first-order chi connectivity index (χ1) is 9.60. The van der Waals surface area contributed by atoms with Crippen molar-refractivity contribution >= 4 is 0 Å². The maximum atomic E-state index is 4.54. The molecule has 1 unspecified atom stereocenters. The lowest BCUT2D eigenvalue weighted by Crippen LogP contribution is -2.31. The van der Waals surface area contributed by atoms with Crippen LogP contribution in [0.15, 0.2) is 30.6 Å². The summed E-state index contributed by atoms with van der Waals surface area (Å²) in [6.07, 6.45) is 4.88. The van der Waals surface area contributed by atoms with Gasteiger partial charge < -0.3 is 0 Å². The molecule has 2 aromatic rings. The van der Waals surface area contributed by atoms with Gasteiger partial charge in [-0.25, -0.2) is 0 Å². The Kier molecular flexibility index (Phi) is 4.90. The lowest BCUT2D eigenvalue weighted by molar-refractivity contribution is 0.243. The van der Waals surface area contributed by atoms with Gasteiger partial charge in [-0.2, -0.15) is 5.10 Å². The van der Waals surface area contributed by atoms with Gasteiger partial charge in [-0.1, -0.05) is 6.07 Å². The molecule has 0 spiro atoms. The van der Waals surface area contributed by atoms with Crippen LogP contribution >= 0.6 is 0 Å². The Bertz CT molecular complexity index is 547. The van der Waals surface area contributed by atoms with Crippen LogP contribution in [-0.4, -0.2) is 32.8 Å². The zero-order valence-corrected chi connectivity index (χ0v) is 12.9. The number of hydrogen-bond donors (Lipinski definition) is 0. The van der Waals surface area contributed by atoms with Crippen molar-refractivity contribution < 1.29 is 0 Å². The summed E-state index contributed by atoms with van der Waals surface area (Å²) >= 11 is 0. The molecule has 0 amide bonds. The van der Waals surface area contributed by atoms with Crippen LogP contribution in [0.3, 0.4) is 0 Å². The second kappa shape index (κ2) is 6.66. The smallest absolute Gasteiger partial charge is 0.0764 e. The first-order valence-electron chi connectivity index (χ1n) is 7.23. The Balaban J connectivity index is 1.95. The zero-order valence-electron chi connectivity index (χ0n) is 12.9. The van der Waals surface area contributed by atoms with Crippen LogP contribution in [-0.2, 0) is 19.5 Å². The standard InChI is InChI=1S/C16H24N4/c1-5-20-10-8-15(18-20)12-19(4)14(3)11-16-13(2)7-6-9-17-16/h6-10,14H,5,11-12H2,1-4H3. The largest absolute Gasteiger partial charge is 0.297 e. The van der Waals surface area contributed by atoms with Crippen molar-refractivity contribution in [1.82, 2.24) is 19.7 Å². The van der Waals surface area contributed by atoms with E-state index in [9.17, 15) is 0 Å². The van der Waals surface area contributed by atoms with E-state index in [4.69, 9.17) is 0 Å². The van der Waals surface area contributed by atoms with Gasteiger partial charge in [0, 0.05) is 43.6 Å². The van der Waals surface area contributed by atoms with E-state index in [-0.39, 0.29) is 0 Å². The van der Waals surface area contributed by atoms with Crippen molar-refractivity contribution in [2.24, 2.45) is 0 Å². The number of hydrogen-bond acceptors (Lipinski definition) is 3. The number of nitrogens with zero attached hydrogens (tertiary/aromatic N) is 4. The Morgan fingerprint density at radius 1 is 1.35 bits per heavy atom. The monoisotopic (exact) mass is 272 g/mol. The summed E-state index contributed by atoms with van der Waals surface area (Å²) < 4.78 is 1.97. The van der Waals surface area contributed by atoms with Gasteiger partial charge in [-0.15, -0.1) is 0 Å². The van der Waals surface area contributed by atoms with Crippen molar-refractivity contribution in [3.05, 3.63) is 47.5 Å². The first kappa shape index (κ1) is 14.7. The lowest BCUT2D eigenvalue weighted by atomic mass is 10.1. The van der Waals surface area contributed by atoms with E-state index < -0.39 is 0 Å². The molecule has 20 heavy (non-hydrogen) atoms.